The van der Waals surface area contributed by atoms with Crippen LogP contribution in [-0.2, 0) is 0 Å². The largest absolute Gasteiger partial charge is 0.496 e. The summed E-state index contributed by atoms with van der Waals surface area (Å²) < 4.78 is 5.39. The van der Waals surface area contributed by atoms with Gasteiger partial charge in [-0.2, -0.15) is 0 Å². The number of piperidine rings is 1. The molecule has 1 aromatic carbocycles. The van der Waals surface area contributed by atoms with Crippen LogP contribution >= 0.6 is 0 Å². The van der Waals surface area contributed by atoms with Crippen LogP contribution in [0.2, 0.25) is 0 Å². The molecule has 0 spiro atoms. The van der Waals surface area contributed by atoms with Gasteiger partial charge in [-0.25, -0.2) is 0 Å². The average Bonchev–Trinajstić information content (AvgIpc) is 2.47. The molecule has 2 rings (SSSR count). The standard InChI is InChI=1S/C17H27NO2/c1-4-14-7-5-6-10-18(14)12-16(19)15-11-13(2)8-9-17(15)20-3/h8-9,11,14,16,19H,4-7,10,12H2,1-3H3. The molecular formula is C17H27NO2. The monoisotopic (exact) mass is 277 g/mol. The summed E-state index contributed by atoms with van der Waals surface area (Å²) >= 11 is 0. The van der Waals surface area contributed by atoms with Crippen molar-refractivity contribution in [3.05, 3.63) is 29.3 Å². The molecule has 0 amide bonds. The van der Waals surface area contributed by atoms with E-state index in [0.29, 0.717) is 12.6 Å². The predicted molar refractivity (Wildman–Crippen MR) is 82.2 cm³/mol. The zero-order valence-electron chi connectivity index (χ0n) is 12.9. The Labute approximate surface area is 122 Å². The van der Waals surface area contributed by atoms with E-state index in [1.165, 1.54) is 19.3 Å². The van der Waals surface area contributed by atoms with E-state index in [2.05, 4.69) is 11.8 Å². The molecule has 1 heterocycles. The summed E-state index contributed by atoms with van der Waals surface area (Å²) in [5, 5.41) is 10.6. The smallest absolute Gasteiger partial charge is 0.124 e. The molecule has 3 heteroatoms. The Kier molecular flexibility index (Phi) is 5.44. The highest BCUT2D eigenvalue weighted by Crippen LogP contribution is 2.29. The van der Waals surface area contributed by atoms with Gasteiger partial charge in [-0.1, -0.05) is 25.0 Å². The van der Waals surface area contributed by atoms with Crippen molar-refractivity contribution in [2.45, 2.75) is 51.7 Å². The maximum atomic E-state index is 10.6. The molecule has 1 aromatic rings. The average molecular weight is 277 g/mol. The lowest BCUT2D eigenvalue weighted by atomic mass is 9.98. The number of benzene rings is 1. The summed E-state index contributed by atoms with van der Waals surface area (Å²) in [5.74, 6) is 0.785. The van der Waals surface area contributed by atoms with E-state index in [4.69, 9.17) is 4.74 Å². The van der Waals surface area contributed by atoms with Crippen molar-refractivity contribution in [1.82, 2.24) is 4.90 Å². The van der Waals surface area contributed by atoms with Crippen molar-refractivity contribution in [2.24, 2.45) is 0 Å². The first-order chi connectivity index (χ1) is 9.65. The molecule has 0 saturated carbocycles. The Hall–Kier alpha value is -1.06. The number of likely N-dealkylation sites (tertiary alicyclic amines) is 1. The fourth-order valence-electron chi connectivity index (χ4n) is 3.20. The number of ether oxygens (including phenoxy) is 1. The van der Waals surface area contributed by atoms with Gasteiger partial charge in [0, 0.05) is 18.2 Å². The molecule has 20 heavy (non-hydrogen) atoms. The van der Waals surface area contributed by atoms with Crippen LogP contribution in [0.3, 0.4) is 0 Å². The van der Waals surface area contributed by atoms with Gasteiger partial charge in [-0.3, -0.25) is 4.90 Å². The van der Waals surface area contributed by atoms with Gasteiger partial charge in [-0.05, 0) is 44.9 Å². The van der Waals surface area contributed by atoms with Crippen molar-refractivity contribution in [3.63, 3.8) is 0 Å². The van der Waals surface area contributed by atoms with Crippen LogP contribution in [0, 0.1) is 6.92 Å². The molecule has 1 aliphatic rings. The van der Waals surface area contributed by atoms with Crippen LogP contribution in [0.15, 0.2) is 18.2 Å². The minimum absolute atomic E-state index is 0.475. The topological polar surface area (TPSA) is 32.7 Å². The highest BCUT2D eigenvalue weighted by atomic mass is 16.5. The number of methoxy groups -OCH3 is 1. The third kappa shape index (κ3) is 3.53. The van der Waals surface area contributed by atoms with Crippen molar-refractivity contribution >= 4 is 0 Å². The van der Waals surface area contributed by atoms with E-state index in [1.54, 1.807) is 7.11 Å². The van der Waals surface area contributed by atoms with E-state index in [-0.39, 0.29) is 0 Å². The molecule has 0 bridgehead atoms. The molecule has 1 fully saturated rings. The molecular weight excluding hydrogens is 250 g/mol. The van der Waals surface area contributed by atoms with Crippen molar-refractivity contribution in [2.75, 3.05) is 20.2 Å². The van der Waals surface area contributed by atoms with Crippen molar-refractivity contribution in [3.8, 4) is 5.75 Å². The molecule has 1 saturated heterocycles. The molecule has 0 radical (unpaired) electrons. The van der Waals surface area contributed by atoms with Crippen LogP contribution in [0.25, 0.3) is 0 Å². The zero-order chi connectivity index (χ0) is 14.5. The van der Waals surface area contributed by atoms with Crippen LogP contribution in [0.5, 0.6) is 5.75 Å². The Balaban J connectivity index is 2.10. The number of aliphatic hydroxyl groups is 1. The Bertz CT molecular complexity index is 433. The second-order valence-corrected chi connectivity index (χ2v) is 5.81. The number of nitrogens with zero attached hydrogens (tertiary/aromatic N) is 1. The van der Waals surface area contributed by atoms with E-state index >= 15 is 0 Å². The molecule has 112 valence electrons. The summed E-state index contributed by atoms with van der Waals surface area (Å²) in [6, 6.07) is 6.62. The molecule has 2 atom stereocenters. The number of hydrogen-bond acceptors (Lipinski definition) is 3. The summed E-state index contributed by atoms with van der Waals surface area (Å²) in [4.78, 5) is 2.44. The van der Waals surface area contributed by atoms with Gasteiger partial charge >= 0.3 is 0 Å². The molecule has 3 nitrogen and oxygen atoms in total. The van der Waals surface area contributed by atoms with E-state index in [0.717, 1.165) is 29.8 Å². The van der Waals surface area contributed by atoms with Gasteiger partial charge < -0.3 is 9.84 Å². The summed E-state index contributed by atoms with van der Waals surface area (Å²) in [6.07, 6.45) is 4.51. The first-order valence-electron chi connectivity index (χ1n) is 7.72. The number of aliphatic hydroxyl groups excluding tert-OH is 1. The van der Waals surface area contributed by atoms with Crippen LogP contribution in [0.1, 0.15) is 49.8 Å². The van der Waals surface area contributed by atoms with Crippen LogP contribution in [0.4, 0.5) is 0 Å². The van der Waals surface area contributed by atoms with Crippen LogP contribution in [-0.4, -0.2) is 36.2 Å². The Morgan fingerprint density at radius 1 is 1.40 bits per heavy atom. The molecule has 1 N–H and O–H groups in total. The normalized spacial score (nSPS) is 21.7. The highest BCUT2D eigenvalue weighted by Gasteiger charge is 2.24. The van der Waals surface area contributed by atoms with Gasteiger partial charge in [0.25, 0.3) is 0 Å². The number of β-amino-alcohol motifs (C(OH)–C–C–N with tert-alkyl or cyclic N) is 1. The van der Waals surface area contributed by atoms with E-state index in [9.17, 15) is 5.11 Å². The van der Waals surface area contributed by atoms with Crippen LogP contribution < -0.4 is 4.74 Å². The molecule has 0 aromatic heterocycles. The second kappa shape index (κ2) is 7.09. The van der Waals surface area contributed by atoms with Gasteiger partial charge in [-0.15, -0.1) is 0 Å². The number of hydrogen-bond donors (Lipinski definition) is 1. The lowest BCUT2D eigenvalue weighted by Gasteiger charge is -2.36. The first-order valence-corrected chi connectivity index (χ1v) is 7.72. The highest BCUT2D eigenvalue weighted by molar-refractivity contribution is 5.38. The summed E-state index contributed by atoms with van der Waals surface area (Å²) in [6.45, 7) is 6.09. The maximum absolute atomic E-state index is 10.6. The Morgan fingerprint density at radius 2 is 2.20 bits per heavy atom. The van der Waals surface area contributed by atoms with Gasteiger partial charge in [0.05, 0.1) is 13.2 Å². The van der Waals surface area contributed by atoms with E-state index in [1.807, 2.05) is 25.1 Å². The number of aryl methyl sites for hydroxylation is 1. The van der Waals surface area contributed by atoms with Gasteiger partial charge in [0.15, 0.2) is 0 Å². The fourth-order valence-corrected chi connectivity index (χ4v) is 3.20. The van der Waals surface area contributed by atoms with Gasteiger partial charge in [0.2, 0.25) is 0 Å². The number of rotatable bonds is 5. The third-order valence-electron chi connectivity index (χ3n) is 4.37. The second-order valence-electron chi connectivity index (χ2n) is 5.81. The minimum atomic E-state index is -0.475. The fraction of sp³-hybridized carbons (Fsp3) is 0.647. The lowest BCUT2D eigenvalue weighted by molar-refractivity contribution is 0.0643. The quantitative estimate of drug-likeness (QED) is 0.896. The zero-order valence-corrected chi connectivity index (χ0v) is 12.9. The maximum Gasteiger partial charge on any atom is 0.124 e. The summed E-state index contributed by atoms with van der Waals surface area (Å²) in [5.41, 5.74) is 2.07. The lowest BCUT2D eigenvalue weighted by Crippen LogP contribution is -2.41. The summed E-state index contributed by atoms with van der Waals surface area (Å²) in [7, 11) is 1.66. The predicted octanol–water partition coefficient (Wildman–Crippen LogP) is 3.30. The minimum Gasteiger partial charge on any atom is -0.496 e. The molecule has 1 aliphatic heterocycles. The molecule has 2 unspecified atom stereocenters. The van der Waals surface area contributed by atoms with E-state index < -0.39 is 6.10 Å². The molecule has 0 aliphatic carbocycles. The van der Waals surface area contributed by atoms with Gasteiger partial charge in [0.1, 0.15) is 5.75 Å². The van der Waals surface area contributed by atoms with Crippen molar-refractivity contribution in [1.29, 1.82) is 0 Å². The SMILES string of the molecule is CCC1CCCCN1CC(O)c1cc(C)ccc1OC. The van der Waals surface area contributed by atoms with Crippen molar-refractivity contribution < 1.29 is 9.84 Å². The Morgan fingerprint density at radius 3 is 2.90 bits per heavy atom. The first kappa shape index (κ1) is 15.3. The third-order valence-corrected chi connectivity index (χ3v) is 4.37.